The quantitative estimate of drug-likeness (QED) is 0.231. The Hall–Kier alpha value is -4.27. The highest BCUT2D eigenvalue weighted by molar-refractivity contribution is 5.87. The monoisotopic (exact) mass is 442 g/mol. The van der Waals surface area contributed by atoms with Gasteiger partial charge >= 0.3 is 17.9 Å². The van der Waals surface area contributed by atoms with Crippen LogP contribution in [0, 0.1) is 0 Å². The van der Waals surface area contributed by atoms with Crippen LogP contribution in [-0.2, 0) is 28.6 Å². The Morgan fingerprint density at radius 2 is 1.34 bits per heavy atom. The molecule has 0 aliphatic carbocycles. The van der Waals surface area contributed by atoms with E-state index in [1.807, 2.05) is 0 Å². The largest absolute Gasteiger partial charge is 0.508 e. The Morgan fingerprint density at radius 3 is 1.88 bits per heavy atom. The van der Waals surface area contributed by atoms with Crippen molar-refractivity contribution in [2.45, 2.75) is 13.0 Å². The summed E-state index contributed by atoms with van der Waals surface area (Å²) in [5.41, 5.74) is 1.11. The molecule has 9 heteroatoms. The molecular formula is C23H22O9. The summed E-state index contributed by atoms with van der Waals surface area (Å²) in [6.45, 7) is 0.484. The number of rotatable bonds is 9. The van der Waals surface area contributed by atoms with Gasteiger partial charge in [-0.3, -0.25) is 4.79 Å². The Labute approximate surface area is 183 Å². The second-order valence-corrected chi connectivity index (χ2v) is 6.50. The Morgan fingerprint density at radius 1 is 0.812 bits per heavy atom. The van der Waals surface area contributed by atoms with Crippen LogP contribution in [0.25, 0.3) is 12.2 Å². The first-order valence-corrected chi connectivity index (χ1v) is 9.41. The summed E-state index contributed by atoms with van der Waals surface area (Å²) in [7, 11) is 0. The molecule has 32 heavy (non-hydrogen) atoms. The van der Waals surface area contributed by atoms with Crippen LogP contribution in [0.1, 0.15) is 18.1 Å². The van der Waals surface area contributed by atoms with Crippen LogP contribution in [-0.4, -0.2) is 52.5 Å². The molecule has 1 atom stereocenters. The Balaban J connectivity index is 1.85. The fraction of sp³-hybridized carbons (Fsp3) is 0.174. The molecule has 0 amide bonds. The van der Waals surface area contributed by atoms with Gasteiger partial charge in [0.1, 0.15) is 19.0 Å². The van der Waals surface area contributed by atoms with Crippen LogP contribution >= 0.6 is 0 Å². The highest BCUT2D eigenvalue weighted by Crippen LogP contribution is 2.25. The summed E-state index contributed by atoms with van der Waals surface area (Å²) >= 11 is 0. The molecule has 0 aliphatic heterocycles. The molecule has 3 N–H and O–H groups in total. The van der Waals surface area contributed by atoms with Crippen molar-refractivity contribution in [2.24, 2.45) is 0 Å². The number of phenolic OH excluding ortho intramolecular Hbond substituents is 3. The summed E-state index contributed by atoms with van der Waals surface area (Å²) in [6, 6.07) is 10.1. The van der Waals surface area contributed by atoms with Crippen LogP contribution in [0.5, 0.6) is 17.2 Å². The number of hydrogen-bond acceptors (Lipinski definition) is 9. The molecule has 0 fully saturated rings. The fourth-order valence-electron chi connectivity index (χ4n) is 2.36. The number of carbonyl (C=O) groups excluding carboxylic acids is 3. The molecule has 2 aromatic rings. The number of esters is 3. The van der Waals surface area contributed by atoms with Gasteiger partial charge in [0, 0.05) is 19.1 Å². The average Bonchev–Trinajstić information content (AvgIpc) is 2.75. The Kier molecular flexibility index (Phi) is 8.85. The minimum atomic E-state index is -1.01. The third kappa shape index (κ3) is 8.62. The van der Waals surface area contributed by atoms with Gasteiger partial charge in [-0.25, -0.2) is 9.59 Å². The van der Waals surface area contributed by atoms with Crippen molar-refractivity contribution in [1.82, 2.24) is 0 Å². The molecule has 2 aromatic carbocycles. The Bertz CT molecular complexity index is 1010. The van der Waals surface area contributed by atoms with E-state index in [2.05, 4.69) is 0 Å². The molecule has 0 spiro atoms. The van der Waals surface area contributed by atoms with E-state index in [9.17, 15) is 29.7 Å². The van der Waals surface area contributed by atoms with Crippen LogP contribution in [0.4, 0.5) is 0 Å². The molecule has 0 radical (unpaired) electrons. The smallest absolute Gasteiger partial charge is 0.330 e. The topological polar surface area (TPSA) is 140 Å². The second-order valence-electron chi connectivity index (χ2n) is 6.50. The van der Waals surface area contributed by atoms with E-state index < -0.39 is 24.0 Å². The number of phenols is 3. The van der Waals surface area contributed by atoms with E-state index in [1.54, 1.807) is 12.1 Å². The van der Waals surface area contributed by atoms with Gasteiger partial charge in [-0.2, -0.15) is 0 Å². The number of ether oxygens (including phenoxy) is 3. The minimum absolute atomic E-state index is 0.0968. The molecule has 0 bridgehead atoms. The van der Waals surface area contributed by atoms with Crippen LogP contribution in [0.2, 0.25) is 0 Å². The molecule has 2 rings (SSSR count). The van der Waals surface area contributed by atoms with Gasteiger partial charge in [0.2, 0.25) is 0 Å². The molecule has 0 aromatic heterocycles. The summed E-state index contributed by atoms with van der Waals surface area (Å²) in [4.78, 5) is 35.0. The summed E-state index contributed by atoms with van der Waals surface area (Å²) in [5.74, 6) is -2.63. The number of hydrogen-bond donors (Lipinski definition) is 3. The first-order chi connectivity index (χ1) is 15.2. The van der Waals surface area contributed by atoms with Gasteiger partial charge in [-0.15, -0.1) is 0 Å². The van der Waals surface area contributed by atoms with Crippen LogP contribution in [0.15, 0.2) is 54.6 Å². The van der Waals surface area contributed by atoms with Gasteiger partial charge < -0.3 is 29.5 Å². The highest BCUT2D eigenvalue weighted by atomic mass is 16.6. The summed E-state index contributed by atoms with van der Waals surface area (Å²) in [5, 5.41) is 27.9. The maximum absolute atomic E-state index is 11.9. The van der Waals surface area contributed by atoms with Crippen molar-refractivity contribution in [3.63, 3.8) is 0 Å². The standard InChI is InChI=1S/C23H22O9/c1-15(24)32-19(13-30-22(28)10-5-16-2-7-18(25)8-3-16)14-31-23(29)11-6-17-4-9-20(26)21(27)12-17/h2-12,19,25-27H,13-14H2,1H3/t19-/m1/s1. The maximum atomic E-state index is 11.9. The van der Waals surface area contributed by atoms with Crippen molar-refractivity contribution >= 4 is 30.1 Å². The average molecular weight is 442 g/mol. The van der Waals surface area contributed by atoms with E-state index in [1.165, 1.54) is 55.5 Å². The lowest BCUT2D eigenvalue weighted by Gasteiger charge is -2.16. The molecular weight excluding hydrogens is 420 g/mol. The third-order valence-electron chi connectivity index (χ3n) is 3.87. The van der Waals surface area contributed by atoms with Gasteiger partial charge in [0.25, 0.3) is 0 Å². The molecule has 0 aliphatic rings. The number of carbonyl (C=O) groups is 3. The normalized spacial score (nSPS) is 11.9. The maximum Gasteiger partial charge on any atom is 0.330 e. The van der Waals surface area contributed by atoms with Crippen molar-refractivity contribution in [3.05, 3.63) is 65.7 Å². The van der Waals surface area contributed by atoms with E-state index >= 15 is 0 Å². The van der Waals surface area contributed by atoms with Crippen LogP contribution < -0.4 is 0 Å². The first-order valence-electron chi connectivity index (χ1n) is 9.41. The zero-order valence-electron chi connectivity index (χ0n) is 17.1. The van der Waals surface area contributed by atoms with E-state index in [-0.39, 0.29) is 30.5 Å². The SMILES string of the molecule is CC(=O)O[C@H](COC(=O)C=Cc1ccc(O)cc1)COC(=O)C=Cc1ccc(O)c(O)c1. The first kappa shape index (κ1) is 24.0. The van der Waals surface area contributed by atoms with Crippen LogP contribution in [0.3, 0.4) is 0 Å². The minimum Gasteiger partial charge on any atom is -0.508 e. The molecule has 0 saturated carbocycles. The predicted octanol–water partition coefficient (Wildman–Crippen LogP) is 2.55. The predicted molar refractivity (Wildman–Crippen MR) is 113 cm³/mol. The zero-order chi connectivity index (χ0) is 23.5. The highest BCUT2D eigenvalue weighted by Gasteiger charge is 2.16. The fourth-order valence-corrected chi connectivity index (χ4v) is 2.36. The van der Waals surface area contributed by atoms with Gasteiger partial charge in [-0.05, 0) is 47.5 Å². The van der Waals surface area contributed by atoms with Crippen molar-refractivity contribution < 1.29 is 43.9 Å². The van der Waals surface area contributed by atoms with Crippen molar-refractivity contribution in [1.29, 1.82) is 0 Å². The van der Waals surface area contributed by atoms with Crippen molar-refractivity contribution in [2.75, 3.05) is 13.2 Å². The lowest BCUT2D eigenvalue weighted by molar-refractivity contribution is -0.162. The molecule has 0 saturated heterocycles. The molecule has 9 nitrogen and oxygen atoms in total. The lowest BCUT2D eigenvalue weighted by atomic mass is 10.2. The lowest BCUT2D eigenvalue weighted by Crippen LogP contribution is -2.29. The third-order valence-corrected chi connectivity index (χ3v) is 3.87. The number of aromatic hydroxyl groups is 3. The molecule has 0 unspecified atom stereocenters. The van der Waals surface area contributed by atoms with E-state index in [4.69, 9.17) is 14.2 Å². The second kappa shape index (κ2) is 11.8. The summed E-state index contributed by atoms with van der Waals surface area (Å²) < 4.78 is 15.0. The summed E-state index contributed by atoms with van der Waals surface area (Å²) in [6.07, 6.45) is 4.08. The van der Waals surface area contributed by atoms with Gasteiger partial charge in [-0.1, -0.05) is 18.2 Å². The van der Waals surface area contributed by atoms with Gasteiger partial charge in [0.05, 0.1) is 0 Å². The zero-order valence-corrected chi connectivity index (χ0v) is 17.1. The van der Waals surface area contributed by atoms with Crippen molar-refractivity contribution in [3.8, 4) is 17.2 Å². The molecule has 168 valence electrons. The molecule has 0 heterocycles. The van der Waals surface area contributed by atoms with E-state index in [0.717, 1.165) is 6.08 Å². The van der Waals surface area contributed by atoms with Gasteiger partial charge in [0.15, 0.2) is 17.6 Å². The number of benzene rings is 2. The van der Waals surface area contributed by atoms with E-state index in [0.29, 0.717) is 11.1 Å².